The van der Waals surface area contributed by atoms with Crippen molar-refractivity contribution in [2.24, 2.45) is 5.92 Å². The first-order valence-electron chi connectivity index (χ1n) is 3.47. The van der Waals surface area contributed by atoms with Crippen molar-refractivity contribution in [1.82, 2.24) is 0 Å². The van der Waals surface area contributed by atoms with Gasteiger partial charge in [0.25, 0.3) is 0 Å². The van der Waals surface area contributed by atoms with Crippen LogP contribution in [0.4, 0.5) is 0 Å². The van der Waals surface area contributed by atoms with Crippen molar-refractivity contribution < 1.29 is 9.53 Å². The van der Waals surface area contributed by atoms with Crippen LogP contribution in [-0.2, 0) is 9.53 Å². The van der Waals surface area contributed by atoms with Crippen molar-refractivity contribution in [3.63, 3.8) is 0 Å². The normalized spacial score (nSPS) is 12.7. The third kappa shape index (κ3) is 5.08. The Balaban J connectivity index is 3.26. The number of hydrogen-bond acceptors (Lipinski definition) is 2. The van der Waals surface area contributed by atoms with E-state index in [1.807, 2.05) is 6.92 Å². The fourth-order valence-corrected chi connectivity index (χ4v) is 0.691. The summed E-state index contributed by atoms with van der Waals surface area (Å²) in [4.78, 5) is 10.6. The Hall–Kier alpha value is 0.260. The third-order valence-corrected chi connectivity index (χ3v) is 2.91. The third-order valence-electron chi connectivity index (χ3n) is 1.13. The molecule has 0 radical (unpaired) electrons. The molecule has 0 aliphatic rings. The zero-order chi connectivity index (χ0) is 7.98. The van der Waals surface area contributed by atoms with Crippen LogP contribution in [0.5, 0.6) is 0 Å². The van der Waals surface area contributed by atoms with Gasteiger partial charge in [-0.15, -0.1) is 0 Å². The molecule has 0 heterocycles. The summed E-state index contributed by atoms with van der Waals surface area (Å²) in [6.45, 7) is 4.48. The predicted octanol–water partition coefficient (Wildman–Crippen LogP) is 0.895. The Labute approximate surface area is 75.2 Å². The van der Waals surface area contributed by atoms with Crippen LogP contribution >= 0.6 is 0 Å². The van der Waals surface area contributed by atoms with E-state index in [2.05, 4.69) is 6.92 Å². The first-order chi connectivity index (χ1) is 4.70. The van der Waals surface area contributed by atoms with E-state index in [9.17, 15) is 4.79 Å². The Morgan fingerprint density at radius 1 is 1.70 bits per heavy atom. The van der Waals surface area contributed by atoms with Gasteiger partial charge in [0.05, 0.1) is 0 Å². The molecule has 2 nitrogen and oxygen atoms in total. The first-order valence-corrected chi connectivity index (χ1v) is 5.27. The number of hydrogen-bond donors (Lipinski definition) is 0. The number of carbonyl (C=O) groups excluding carboxylic acids is 1. The maximum absolute atomic E-state index is 10.6. The molecule has 0 bridgehead atoms. The summed E-state index contributed by atoms with van der Waals surface area (Å²) in [5.41, 5.74) is 0. The van der Waals surface area contributed by atoms with E-state index in [0.29, 0.717) is 18.9 Å². The summed E-state index contributed by atoms with van der Waals surface area (Å²) in [5, 5.41) is 0. The number of carbonyl (C=O) groups is 1. The quantitative estimate of drug-likeness (QED) is 0.553. The van der Waals surface area contributed by atoms with Gasteiger partial charge in [-0.25, -0.2) is 0 Å². The molecule has 0 spiro atoms. The minimum atomic E-state index is -0.0914. The van der Waals surface area contributed by atoms with E-state index in [1.165, 1.54) is 0 Å². The van der Waals surface area contributed by atoms with Crippen molar-refractivity contribution >= 4 is 28.3 Å². The Bertz CT molecular complexity index is 104. The monoisotopic (exact) mass is 260 g/mol. The van der Waals surface area contributed by atoms with Crippen molar-refractivity contribution in [1.29, 1.82) is 0 Å². The van der Waals surface area contributed by atoms with Crippen LogP contribution in [0.3, 0.4) is 0 Å². The molecule has 0 aromatic heterocycles. The van der Waals surface area contributed by atoms with Crippen LogP contribution in [0.2, 0.25) is 4.47 Å². The molecule has 0 aromatic rings. The zero-order valence-electron chi connectivity index (χ0n) is 6.46. The summed E-state index contributed by atoms with van der Waals surface area (Å²) in [6.07, 6.45) is 0.487. The molecule has 0 N–H and O–H groups in total. The van der Waals surface area contributed by atoms with Crippen LogP contribution < -0.4 is 0 Å². The van der Waals surface area contributed by atoms with Gasteiger partial charge in [-0.05, 0) is 0 Å². The van der Waals surface area contributed by atoms with E-state index >= 15 is 0 Å². The Morgan fingerprint density at radius 3 is 2.70 bits per heavy atom. The molecule has 10 heavy (non-hydrogen) atoms. The minimum absolute atomic E-state index is 0.0914. The second-order valence-corrected chi connectivity index (χ2v) is 3.37. The summed E-state index contributed by atoms with van der Waals surface area (Å²) in [5.74, 6) is 0.427. The molecular formula is C7H14O2Te. The van der Waals surface area contributed by atoms with E-state index in [0.717, 1.165) is 4.47 Å². The van der Waals surface area contributed by atoms with Gasteiger partial charge >= 0.3 is 75.1 Å². The molecular weight excluding hydrogens is 244 g/mol. The van der Waals surface area contributed by atoms with E-state index in [-0.39, 0.29) is 5.97 Å². The van der Waals surface area contributed by atoms with Crippen molar-refractivity contribution in [3.8, 4) is 0 Å². The summed E-state index contributed by atoms with van der Waals surface area (Å²) < 4.78 is 6.03. The van der Waals surface area contributed by atoms with Gasteiger partial charge in [0.2, 0.25) is 0 Å². The van der Waals surface area contributed by atoms with E-state index in [1.54, 1.807) is 22.3 Å². The Morgan fingerprint density at radius 2 is 2.30 bits per heavy atom. The second-order valence-electron chi connectivity index (χ2n) is 2.32. The van der Waals surface area contributed by atoms with Crippen LogP contribution in [0.15, 0.2) is 0 Å². The van der Waals surface area contributed by atoms with Gasteiger partial charge in [-0.1, -0.05) is 0 Å². The molecule has 1 atom stereocenters. The number of esters is 1. The average molecular weight is 258 g/mol. The average Bonchev–Trinajstić information content (AvgIpc) is 1.99. The van der Waals surface area contributed by atoms with E-state index in [4.69, 9.17) is 4.74 Å². The van der Waals surface area contributed by atoms with E-state index < -0.39 is 0 Å². The summed E-state index contributed by atoms with van der Waals surface area (Å²) in [6, 6.07) is 0. The molecule has 0 saturated heterocycles. The SMILES string of the molecule is CCC(=O)OCC(C)C[TeH]. The summed E-state index contributed by atoms with van der Waals surface area (Å²) in [7, 11) is 0. The van der Waals surface area contributed by atoms with Crippen molar-refractivity contribution in [2.45, 2.75) is 24.7 Å². The van der Waals surface area contributed by atoms with Gasteiger partial charge in [-0.3, -0.25) is 0 Å². The molecule has 0 fully saturated rings. The standard InChI is InChI=1S/C7H14O2Te/c1-3-7(8)9-4-6(2)5-10/h6,10H,3-5H2,1-2H3. The van der Waals surface area contributed by atoms with Gasteiger partial charge in [0.15, 0.2) is 0 Å². The van der Waals surface area contributed by atoms with Gasteiger partial charge in [-0.2, -0.15) is 0 Å². The summed E-state index contributed by atoms with van der Waals surface area (Å²) >= 11 is 1.77. The van der Waals surface area contributed by atoms with Gasteiger partial charge < -0.3 is 0 Å². The molecule has 0 aliphatic carbocycles. The van der Waals surface area contributed by atoms with Crippen molar-refractivity contribution in [2.75, 3.05) is 6.61 Å². The maximum atomic E-state index is 10.6. The molecule has 0 saturated carbocycles. The van der Waals surface area contributed by atoms with Crippen LogP contribution in [0, 0.1) is 5.92 Å². The topological polar surface area (TPSA) is 26.3 Å². The Kier molecular flexibility index (Phi) is 6.16. The van der Waals surface area contributed by atoms with Crippen molar-refractivity contribution in [3.05, 3.63) is 0 Å². The molecule has 0 aliphatic heterocycles. The number of ether oxygens (including phenoxy) is 1. The fraction of sp³-hybridized carbons (Fsp3) is 0.857. The molecule has 0 aromatic carbocycles. The first kappa shape index (κ1) is 10.3. The van der Waals surface area contributed by atoms with Gasteiger partial charge in [0, 0.05) is 0 Å². The zero-order valence-corrected chi connectivity index (χ0v) is 9.02. The second kappa shape index (κ2) is 6.00. The van der Waals surface area contributed by atoms with Crippen LogP contribution in [0.25, 0.3) is 0 Å². The van der Waals surface area contributed by atoms with Gasteiger partial charge in [0.1, 0.15) is 0 Å². The molecule has 0 amide bonds. The molecule has 60 valence electrons. The molecule has 0 rings (SSSR count). The fourth-order valence-electron chi connectivity index (χ4n) is 0.390. The molecule has 1 unspecified atom stereocenters. The van der Waals surface area contributed by atoms with Crippen LogP contribution in [0.1, 0.15) is 20.3 Å². The molecule has 3 heteroatoms. The number of rotatable bonds is 4. The van der Waals surface area contributed by atoms with Crippen LogP contribution in [-0.4, -0.2) is 34.9 Å². The predicted molar refractivity (Wildman–Crippen MR) is 42.4 cm³/mol.